The summed E-state index contributed by atoms with van der Waals surface area (Å²) < 4.78 is 5.42. The van der Waals surface area contributed by atoms with Gasteiger partial charge in [-0.1, -0.05) is 6.92 Å². The van der Waals surface area contributed by atoms with Crippen molar-refractivity contribution in [1.29, 1.82) is 0 Å². The van der Waals surface area contributed by atoms with Gasteiger partial charge in [-0.3, -0.25) is 0 Å². The molecule has 1 saturated heterocycles. The molecule has 1 aromatic heterocycles. The molecule has 1 aromatic rings. The molecule has 0 atom stereocenters. The lowest BCUT2D eigenvalue weighted by molar-refractivity contribution is 0.0835. The van der Waals surface area contributed by atoms with E-state index in [4.69, 9.17) is 14.7 Å². The Hall–Kier alpha value is -1.00. The Kier molecular flexibility index (Phi) is 5.92. The molecule has 1 N–H and O–H groups in total. The van der Waals surface area contributed by atoms with E-state index in [-0.39, 0.29) is 0 Å². The van der Waals surface area contributed by atoms with Crippen molar-refractivity contribution >= 4 is 0 Å². The number of rotatable bonds is 6. The van der Waals surface area contributed by atoms with Crippen molar-refractivity contribution in [3.05, 3.63) is 22.8 Å². The van der Waals surface area contributed by atoms with Gasteiger partial charge in [0.1, 0.15) is 5.82 Å². The van der Waals surface area contributed by atoms with E-state index in [0.717, 1.165) is 69.2 Å². The van der Waals surface area contributed by atoms with E-state index in [2.05, 4.69) is 26.1 Å². The quantitative estimate of drug-likeness (QED) is 0.812. The lowest BCUT2D eigenvalue weighted by atomic mass is 9.98. The Morgan fingerprint density at radius 2 is 1.80 bits per heavy atom. The van der Waals surface area contributed by atoms with Crippen molar-refractivity contribution in [3.63, 3.8) is 0 Å². The predicted octanol–water partition coefficient (Wildman–Crippen LogP) is 2.53. The summed E-state index contributed by atoms with van der Waals surface area (Å²) in [5, 5.41) is 3.37. The lowest BCUT2D eigenvalue weighted by Crippen LogP contribution is -2.18. The highest BCUT2D eigenvalue weighted by molar-refractivity contribution is 5.25. The summed E-state index contributed by atoms with van der Waals surface area (Å²) in [5.74, 6) is 1.51. The van der Waals surface area contributed by atoms with Crippen LogP contribution in [-0.2, 0) is 11.2 Å². The third-order valence-corrected chi connectivity index (χ3v) is 4.05. The van der Waals surface area contributed by atoms with Crippen LogP contribution in [0.2, 0.25) is 0 Å². The van der Waals surface area contributed by atoms with E-state index in [1.165, 1.54) is 5.56 Å². The molecule has 20 heavy (non-hydrogen) atoms. The van der Waals surface area contributed by atoms with Crippen molar-refractivity contribution in [2.24, 2.45) is 0 Å². The molecule has 2 rings (SSSR count). The average Bonchev–Trinajstić information content (AvgIpc) is 2.46. The van der Waals surface area contributed by atoms with E-state index < -0.39 is 0 Å². The fourth-order valence-corrected chi connectivity index (χ4v) is 2.83. The van der Waals surface area contributed by atoms with E-state index in [9.17, 15) is 0 Å². The van der Waals surface area contributed by atoms with E-state index in [0.29, 0.717) is 5.92 Å². The van der Waals surface area contributed by atoms with Gasteiger partial charge in [-0.05, 0) is 58.2 Å². The molecule has 0 radical (unpaired) electrons. The fraction of sp³-hybridized carbons (Fsp3) is 0.750. The first kappa shape index (κ1) is 15.4. The van der Waals surface area contributed by atoms with Crippen LogP contribution in [0.1, 0.15) is 54.9 Å². The molecule has 0 aromatic carbocycles. The summed E-state index contributed by atoms with van der Waals surface area (Å²) in [6.45, 7) is 10.2. The van der Waals surface area contributed by atoms with Crippen molar-refractivity contribution in [1.82, 2.24) is 15.3 Å². The number of ether oxygens (including phenoxy) is 1. The molecule has 0 unspecified atom stereocenters. The smallest absolute Gasteiger partial charge is 0.132 e. The molecule has 4 heteroatoms. The maximum absolute atomic E-state index is 5.42. The van der Waals surface area contributed by atoms with E-state index in [1.807, 2.05) is 0 Å². The lowest BCUT2D eigenvalue weighted by Gasteiger charge is -2.22. The molecule has 1 fully saturated rings. The zero-order chi connectivity index (χ0) is 14.4. The van der Waals surface area contributed by atoms with Crippen LogP contribution in [0, 0.1) is 13.8 Å². The SMILES string of the molecule is CCNCCCc1c(C)nc(C2CCOCC2)nc1C. The molecule has 0 aliphatic carbocycles. The van der Waals surface area contributed by atoms with Crippen LogP contribution in [0.5, 0.6) is 0 Å². The molecule has 0 spiro atoms. The summed E-state index contributed by atoms with van der Waals surface area (Å²) in [6, 6.07) is 0. The topological polar surface area (TPSA) is 47.0 Å². The standard InChI is InChI=1S/C16H27N3O/c1-4-17-9-5-6-15-12(2)18-16(19-13(15)3)14-7-10-20-11-8-14/h14,17H,4-11H2,1-3H3. The zero-order valence-corrected chi connectivity index (χ0v) is 13.0. The monoisotopic (exact) mass is 277 g/mol. The maximum Gasteiger partial charge on any atom is 0.132 e. The summed E-state index contributed by atoms with van der Waals surface area (Å²) in [5.41, 5.74) is 3.66. The minimum absolute atomic E-state index is 0.483. The maximum atomic E-state index is 5.42. The molecular formula is C16H27N3O. The van der Waals surface area contributed by atoms with Crippen LogP contribution < -0.4 is 5.32 Å². The van der Waals surface area contributed by atoms with Gasteiger partial charge in [-0.2, -0.15) is 0 Å². The second-order valence-corrected chi connectivity index (χ2v) is 5.57. The molecular weight excluding hydrogens is 250 g/mol. The third-order valence-electron chi connectivity index (χ3n) is 4.05. The van der Waals surface area contributed by atoms with Gasteiger partial charge in [0.15, 0.2) is 0 Å². The van der Waals surface area contributed by atoms with Gasteiger partial charge < -0.3 is 10.1 Å². The van der Waals surface area contributed by atoms with Crippen molar-refractivity contribution in [2.45, 2.75) is 52.4 Å². The van der Waals surface area contributed by atoms with Crippen LogP contribution in [0.3, 0.4) is 0 Å². The Labute approximate surface area is 122 Å². The second kappa shape index (κ2) is 7.70. The first-order valence-electron chi connectivity index (χ1n) is 7.84. The minimum atomic E-state index is 0.483. The van der Waals surface area contributed by atoms with Crippen molar-refractivity contribution < 1.29 is 4.74 Å². The summed E-state index contributed by atoms with van der Waals surface area (Å²) in [4.78, 5) is 9.54. The number of aryl methyl sites for hydroxylation is 2. The first-order valence-corrected chi connectivity index (χ1v) is 7.84. The van der Waals surface area contributed by atoms with Crippen LogP contribution >= 0.6 is 0 Å². The third kappa shape index (κ3) is 4.00. The predicted molar refractivity (Wildman–Crippen MR) is 81.2 cm³/mol. The van der Waals surface area contributed by atoms with Crippen LogP contribution in [0.15, 0.2) is 0 Å². The minimum Gasteiger partial charge on any atom is -0.381 e. The van der Waals surface area contributed by atoms with Gasteiger partial charge in [-0.15, -0.1) is 0 Å². The van der Waals surface area contributed by atoms with Gasteiger partial charge in [0, 0.05) is 30.5 Å². The average molecular weight is 277 g/mol. The second-order valence-electron chi connectivity index (χ2n) is 5.57. The number of nitrogens with one attached hydrogen (secondary N) is 1. The Bertz CT molecular complexity index is 405. The molecule has 0 bridgehead atoms. The van der Waals surface area contributed by atoms with Crippen LogP contribution in [0.4, 0.5) is 0 Å². The summed E-state index contributed by atoms with van der Waals surface area (Å²) in [6.07, 6.45) is 4.32. The zero-order valence-electron chi connectivity index (χ0n) is 13.0. The van der Waals surface area contributed by atoms with Gasteiger partial charge in [0.2, 0.25) is 0 Å². The van der Waals surface area contributed by atoms with Crippen molar-refractivity contribution in [2.75, 3.05) is 26.3 Å². The van der Waals surface area contributed by atoms with E-state index >= 15 is 0 Å². The highest BCUT2D eigenvalue weighted by atomic mass is 16.5. The van der Waals surface area contributed by atoms with Crippen molar-refractivity contribution in [3.8, 4) is 0 Å². The van der Waals surface area contributed by atoms with Crippen LogP contribution in [0.25, 0.3) is 0 Å². The number of hydrogen-bond donors (Lipinski definition) is 1. The summed E-state index contributed by atoms with van der Waals surface area (Å²) >= 11 is 0. The number of hydrogen-bond acceptors (Lipinski definition) is 4. The number of aromatic nitrogens is 2. The fourth-order valence-electron chi connectivity index (χ4n) is 2.83. The van der Waals surface area contributed by atoms with Gasteiger partial charge in [0.05, 0.1) is 0 Å². The normalized spacial score (nSPS) is 16.6. The first-order chi connectivity index (χ1) is 9.72. The largest absolute Gasteiger partial charge is 0.381 e. The van der Waals surface area contributed by atoms with E-state index in [1.54, 1.807) is 0 Å². The Morgan fingerprint density at radius 1 is 1.15 bits per heavy atom. The molecule has 112 valence electrons. The highest BCUT2D eigenvalue weighted by Gasteiger charge is 2.20. The molecule has 1 aliphatic heterocycles. The Balaban J connectivity index is 2.03. The van der Waals surface area contributed by atoms with Gasteiger partial charge in [0.25, 0.3) is 0 Å². The molecule has 0 saturated carbocycles. The van der Waals surface area contributed by atoms with Crippen LogP contribution in [-0.4, -0.2) is 36.3 Å². The molecule has 0 amide bonds. The Morgan fingerprint density at radius 3 is 2.40 bits per heavy atom. The number of nitrogens with zero attached hydrogens (tertiary/aromatic N) is 2. The molecule has 4 nitrogen and oxygen atoms in total. The summed E-state index contributed by atoms with van der Waals surface area (Å²) in [7, 11) is 0. The molecule has 1 aliphatic rings. The highest BCUT2D eigenvalue weighted by Crippen LogP contribution is 2.25. The molecule has 2 heterocycles. The van der Waals surface area contributed by atoms with Gasteiger partial charge in [-0.25, -0.2) is 9.97 Å². The van der Waals surface area contributed by atoms with Gasteiger partial charge >= 0.3 is 0 Å².